The molecular weight excluding hydrogens is 454 g/mol. The van der Waals surface area contributed by atoms with Crippen LogP contribution >= 0.6 is 0 Å². The van der Waals surface area contributed by atoms with Crippen molar-refractivity contribution in [1.29, 1.82) is 0 Å². The van der Waals surface area contributed by atoms with Gasteiger partial charge in [-0.3, -0.25) is 9.36 Å². The van der Waals surface area contributed by atoms with Gasteiger partial charge in [-0.15, -0.1) is 0 Å². The molecule has 176 valence electrons. The van der Waals surface area contributed by atoms with Gasteiger partial charge >= 0.3 is 0 Å². The van der Waals surface area contributed by atoms with Gasteiger partial charge in [-0.05, 0) is 12.5 Å². The number of Topliss-reactive ketones (excluding diaryl/α,β-unsaturated/α-hetero) is 1. The van der Waals surface area contributed by atoms with Crippen molar-refractivity contribution in [3.63, 3.8) is 0 Å². The monoisotopic (exact) mass is 475 g/mol. The average molecular weight is 476 g/mol. The Bertz CT molecular complexity index is 1660. The summed E-state index contributed by atoms with van der Waals surface area (Å²) >= 11 is 0. The number of nitrogens with one attached hydrogen (secondary N) is 1. The normalized spacial score (nSPS) is 11.2. The fourth-order valence-electron chi connectivity index (χ4n) is 4.09. The fourth-order valence-corrected chi connectivity index (χ4v) is 4.09. The molecule has 6 rings (SSSR count). The minimum atomic E-state index is 0.0535. The SMILES string of the molecule is Cc1cn(-c2ncnc3nc(-c4ccc(CC(=O)Cc5cc(-c6ccccc6)no5)cc4)[nH]c23)cn1. The topological polar surface area (TPSA) is 115 Å². The molecule has 0 radical (unpaired) electrons. The number of carbonyl (C=O) groups excluding carboxylic acids is 1. The highest BCUT2D eigenvalue weighted by Gasteiger charge is 2.14. The summed E-state index contributed by atoms with van der Waals surface area (Å²) in [6.45, 7) is 1.92. The minimum absolute atomic E-state index is 0.0535. The van der Waals surface area contributed by atoms with E-state index < -0.39 is 0 Å². The van der Waals surface area contributed by atoms with Crippen LogP contribution in [0.5, 0.6) is 0 Å². The van der Waals surface area contributed by atoms with Crippen molar-refractivity contribution in [2.24, 2.45) is 0 Å². The molecule has 0 unspecified atom stereocenters. The number of fused-ring (bicyclic) bond motifs is 1. The number of ketones is 1. The number of aryl methyl sites for hydroxylation is 1. The number of imidazole rings is 2. The van der Waals surface area contributed by atoms with Crippen LogP contribution in [-0.2, 0) is 17.6 Å². The predicted octanol–water partition coefficient (Wildman–Crippen LogP) is 4.52. The van der Waals surface area contributed by atoms with Crippen molar-refractivity contribution in [2.45, 2.75) is 19.8 Å². The molecule has 0 aliphatic rings. The molecule has 4 heterocycles. The van der Waals surface area contributed by atoms with E-state index in [9.17, 15) is 4.79 Å². The number of rotatable bonds is 7. The van der Waals surface area contributed by atoms with Crippen LogP contribution in [0.3, 0.4) is 0 Å². The van der Waals surface area contributed by atoms with Crippen LogP contribution in [0.2, 0.25) is 0 Å². The third kappa shape index (κ3) is 4.29. The van der Waals surface area contributed by atoms with Crippen molar-refractivity contribution in [3.05, 3.63) is 96.5 Å². The molecule has 36 heavy (non-hydrogen) atoms. The molecule has 0 saturated heterocycles. The molecule has 2 aromatic carbocycles. The van der Waals surface area contributed by atoms with E-state index in [0.717, 1.165) is 33.6 Å². The highest BCUT2D eigenvalue weighted by Crippen LogP contribution is 2.24. The maximum Gasteiger partial charge on any atom is 0.183 e. The van der Waals surface area contributed by atoms with E-state index in [4.69, 9.17) is 4.52 Å². The Morgan fingerprint density at radius 1 is 0.972 bits per heavy atom. The summed E-state index contributed by atoms with van der Waals surface area (Å²) in [5, 5.41) is 4.08. The third-order valence-electron chi connectivity index (χ3n) is 5.85. The Labute approximate surface area is 205 Å². The van der Waals surface area contributed by atoms with Crippen LogP contribution < -0.4 is 0 Å². The van der Waals surface area contributed by atoms with E-state index in [-0.39, 0.29) is 12.2 Å². The van der Waals surface area contributed by atoms with Gasteiger partial charge in [0.1, 0.15) is 41.2 Å². The lowest BCUT2D eigenvalue weighted by atomic mass is 10.0. The summed E-state index contributed by atoms with van der Waals surface area (Å²) < 4.78 is 7.22. The van der Waals surface area contributed by atoms with Gasteiger partial charge in [-0.2, -0.15) is 0 Å². The predicted molar refractivity (Wildman–Crippen MR) is 133 cm³/mol. The van der Waals surface area contributed by atoms with Crippen LogP contribution in [0.1, 0.15) is 17.0 Å². The lowest BCUT2D eigenvalue weighted by Gasteiger charge is -2.02. The van der Waals surface area contributed by atoms with E-state index in [1.807, 2.05) is 78.4 Å². The number of aromatic amines is 1. The van der Waals surface area contributed by atoms with Crippen LogP contribution in [-0.4, -0.2) is 40.4 Å². The summed E-state index contributed by atoms with van der Waals surface area (Å²) in [6, 6.07) is 19.3. The van der Waals surface area contributed by atoms with E-state index in [1.165, 1.54) is 6.33 Å². The second-order valence-corrected chi connectivity index (χ2v) is 8.54. The summed E-state index contributed by atoms with van der Waals surface area (Å²) in [5.41, 5.74) is 5.68. The van der Waals surface area contributed by atoms with Crippen LogP contribution in [0.4, 0.5) is 0 Å². The van der Waals surface area contributed by atoms with Crippen LogP contribution in [0.25, 0.3) is 39.6 Å². The number of aromatic nitrogens is 7. The Hall–Kier alpha value is -4.92. The molecule has 0 atom stereocenters. The molecule has 0 amide bonds. The van der Waals surface area contributed by atoms with Crippen molar-refractivity contribution >= 4 is 16.9 Å². The summed E-state index contributed by atoms with van der Waals surface area (Å²) in [5.74, 6) is 1.97. The van der Waals surface area contributed by atoms with Gasteiger partial charge in [-0.1, -0.05) is 59.8 Å². The zero-order chi connectivity index (χ0) is 24.5. The number of nitrogens with zero attached hydrogens (tertiary/aromatic N) is 6. The van der Waals surface area contributed by atoms with Crippen molar-refractivity contribution in [2.75, 3.05) is 0 Å². The molecule has 0 aliphatic heterocycles. The standard InChI is InChI=1S/C27H21N7O2/c1-17-14-34(16-30-17)27-24-26(28-15-29-27)32-25(31-24)20-9-7-18(8-10-20)11-21(35)12-22-13-23(33-36-22)19-5-3-2-4-6-19/h2-10,13-16H,11-12H2,1H3,(H,28,29,31,32). The van der Waals surface area contributed by atoms with Gasteiger partial charge in [0.2, 0.25) is 0 Å². The van der Waals surface area contributed by atoms with Crippen molar-refractivity contribution in [1.82, 2.24) is 34.6 Å². The summed E-state index contributed by atoms with van der Waals surface area (Å²) in [4.78, 5) is 33.5. The van der Waals surface area contributed by atoms with Gasteiger partial charge in [0, 0.05) is 29.8 Å². The summed E-state index contributed by atoms with van der Waals surface area (Å²) in [6.07, 6.45) is 5.60. The molecule has 4 aromatic heterocycles. The molecule has 0 saturated carbocycles. The van der Waals surface area contributed by atoms with E-state index in [0.29, 0.717) is 29.5 Å². The second kappa shape index (κ2) is 9.03. The van der Waals surface area contributed by atoms with Crippen molar-refractivity contribution < 1.29 is 9.32 Å². The number of H-pyrrole nitrogens is 1. The van der Waals surface area contributed by atoms with Crippen LogP contribution in [0, 0.1) is 6.92 Å². The lowest BCUT2D eigenvalue weighted by Crippen LogP contribution is -2.05. The maximum absolute atomic E-state index is 12.6. The second-order valence-electron chi connectivity index (χ2n) is 8.54. The molecule has 9 heteroatoms. The molecule has 9 nitrogen and oxygen atoms in total. The Morgan fingerprint density at radius 3 is 2.58 bits per heavy atom. The van der Waals surface area contributed by atoms with Gasteiger partial charge in [0.15, 0.2) is 11.5 Å². The quantitative estimate of drug-likeness (QED) is 0.361. The average Bonchev–Trinajstić information content (AvgIpc) is 3.64. The maximum atomic E-state index is 12.6. The molecule has 0 fully saturated rings. The molecule has 1 N–H and O–H groups in total. The largest absolute Gasteiger partial charge is 0.360 e. The highest BCUT2D eigenvalue weighted by molar-refractivity contribution is 5.84. The van der Waals surface area contributed by atoms with Crippen LogP contribution in [0.15, 0.2) is 84.0 Å². The molecule has 0 spiro atoms. The molecule has 6 aromatic rings. The van der Waals surface area contributed by atoms with Gasteiger partial charge in [-0.25, -0.2) is 19.9 Å². The van der Waals surface area contributed by atoms with E-state index in [1.54, 1.807) is 6.33 Å². The number of carbonyl (C=O) groups is 1. The molecular formula is C27H21N7O2. The first-order valence-corrected chi connectivity index (χ1v) is 11.5. The zero-order valence-electron chi connectivity index (χ0n) is 19.4. The smallest absolute Gasteiger partial charge is 0.183 e. The first kappa shape index (κ1) is 21.6. The van der Waals surface area contributed by atoms with Gasteiger partial charge in [0.25, 0.3) is 0 Å². The van der Waals surface area contributed by atoms with Crippen molar-refractivity contribution in [3.8, 4) is 28.5 Å². The van der Waals surface area contributed by atoms with E-state index in [2.05, 4.69) is 30.1 Å². The number of hydrogen-bond acceptors (Lipinski definition) is 7. The highest BCUT2D eigenvalue weighted by atomic mass is 16.5. The zero-order valence-corrected chi connectivity index (χ0v) is 19.4. The number of hydrogen-bond donors (Lipinski definition) is 1. The molecule has 0 bridgehead atoms. The van der Waals surface area contributed by atoms with Gasteiger partial charge < -0.3 is 9.51 Å². The first-order chi connectivity index (χ1) is 17.6. The minimum Gasteiger partial charge on any atom is -0.360 e. The Kier molecular flexibility index (Phi) is 5.42. The number of benzene rings is 2. The molecule has 0 aliphatic carbocycles. The Balaban J connectivity index is 1.16. The van der Waals surface area contributed by atoms with E-state index >= 15 is 0 Å². The lowest BCUT2D eigenvalue weighted by molar-refractivity contribution is -0.118. The van der Waals surface area contributed by atoms with Gasteiger partial charge in [0.05, 0.1) is 12.1 Å². The third-order valence-corrected chi connectivity index (χ3v) is 5.85. The summed E-state index contributed by atoms with van der Waals surface area (Å²) in [7, 11) is 0. The fraction of sp³-hybridized carbons (Fsp3) is 0.111. The Morgan fingerprint density at radius 2 is 1.81 bits per heavy atom. The first-order valence-electron chi connectivity index (χ1n) is 11.5.